The average molecular weight is 796 g/mol. The summed E-state index contributed by atoms with van der Waals surface area (Å²) < 4.78 is 73.3. The maximum atomic E-state index is 13.1. The highest BCUT2D eigenvalue weighted by Gasteiger charge is 2.40. The van der Waals surface area contributed by atoms with E-state index in [-0.39, 0.29) is 24.0 Å². The van der Waals surface area contributed by atoms with E-state index in [4.69, 9.17) is 28.9 Å². The van der Waals surface area contributed by atoms with Gasteiger partial charge in [0.1, 0.15) is 10.3 Å². The van der Waals surface area contributed by atoms with E-state index in [1.807, 2.05) is 18.2 Å². The molecule has 2 atom stereocenters. The van der Waals surface area contributed by atoms with Crippen LogP contribution in [-0.2, 0) is 12.8 Å². The van der Waals surface area contributed by atoms with Crippen molar-refractivity contribution in [3.05, 3.63) is 94.2 Å². The number of amides is 2. The van der Waals surface area contributed by atoms with Crippen LogP contribution < -0.4 is 31.1 Å². The van der Waals surface area contributed by atoms with Crippen LogP contribution in [0.25, 0.3) is 0 Å². The summed E-state index contributed by atoms with van der Waals surface area (Å²) in [5.74, 6) is 1.42. The van der Waals surface area contributed by atoms with Gasteiger partial charge >= 0.3 is 18.4 Å². The molecule has 2 saturated heterocycles. The van der Waals surface area contributed by atoms with Crippen molar-refractivity contribution in [1.82, 2.24) is 9.97 Å². The minimum Gasteiger partial charge on any atom is -0.399 e. The standard InChI is InChI=1S/C19H18ClF3N4O.C9H10ClN3.C9H10F3N/c20-16-6-5-15-17(25-16)27(13-8-10-26(15)11-13)18(28)24-14-4-2-1-3-12(14)7-9-19(21,22)23;10-8-2-1-7-9(12-8)11-6-3-4-13(7)5-6;10-9(11,12)6-5-7-3-1-2-4-8(7)13/h1-6,13H,7-11H2,(H,24,28);1-2,6H,3-5H2,(H,11,12);1-4H,5-6,13H2/t13-;6-;/m11./s1. The summed E-state index contributed by atoms with van der Waals surface area (Å²) >= 11 is 11.9. The van der Waals surface area contributed by atoms with Crippen molar-refractivity contribution in [3.8, 4) is 0 Å². The average Bonchev–Trinajstić information content (AvgIpc) is 3.71. The highest BCUT2D eigenvalue weighted by Crippen LogP contribution is 2.40. The quantitative estimate of drug-likeness (QED) is 0.105. The molecular formula is C37H38Cl2F6N8O. The van der Waals surface area contributed by atoms with Crippen LogP contribution in [0.4, 0.5) is 65.5 Å². The van der Waals surface area contributed by atoms with Crippen LogP contribution >= 0.6 is 23.2 Å². The van der Waals surface area contributed by atoms with Crippen LogP contribution in [0.2, 0.25) is 10.3 Å². The first kappa shape index (κ1) is 39.1. The SMILES string of the molecule is Clc1ccc2c(n1)N[C@@H]1CCN2C1.Nc1ccccc1CCC(F)(F)F.O=C(Nc1ccccc1CCC(F)(F)F)N1c2nc(Cl)ccc2N2CC[C@@H]1C2. The van der Waals surface area contributed by atoms with Gasteiger partial charge in [0.2, 0.25) is 0 Å². The first-order valence-corrected chi connectivity index (χ1v) is 18.1. The topological polar surface area (TPSA) is 103 Å². The van der Waals surface area contributed by atoms with Gasteiger partial charge in [0.25, 0.3) is 0 Å². The molecule has 0 aliphatic carbocycles. The Morgan fingerprint density at radius 3 is 2.07 bits per heavy atom. The zero-order valence-corrected chi connectivity index (χ0v) is 30.4. The number of aromatic nitrogens is 2. The number of halogens is 8. The van der Waals surface area contributed by atoms with Crippen LogP contribution in [0.5, 0.6) is 0 Å². The van der Waals surface area contributed by atoms with Crippen molar-refractivity contribution in [1.29, 1.82) is 0 Å². The van der Waals surface area contributed by atoms with Crippen LogP contribution in [-0.4, -0.2) is 66.6 Å². The Morgan fingerprint density at radius 2 is 1.37 bits per heavy atom. The number of carbonyl (C=O) groups excluding carboxylic acids is 1. The summed E-state index contributed by atoms with van der Waals surface area (Å²) in [4.78, 5) is 27.8. The Balaban J connectivity index is 0.000000158. The van der Waals surface area contributed by atoms with Gasteiger partial charge in [0.15, 0.2) is 11.6 Å². The van der Waals surface area contributed by atoms with E-state index in [2.05, 4.69) is 30.4 Å². The second kappa shape index (κ2) is 16.4. The van der Waals surface area contributed by atoms with Gasteiger partial charge in [-0.25, -0.2) is 14.8 Å². The molecule has 2 aromatic carbocycles. The largest absolute Gasteiger partial charge is 0.399 e. The smallest absolute Gasteiger partial charge is 0.389 e. The molecule has 4 aliphatic rings. The Kier molecular flexibility index (Phi) is 11.9. The van der Waals surface area contributed by atoms with E-state index in [0.29, 0.717) is 46.1 Å². The van der Waals surface area contributed by atoms with Gasteiger partial charge in [-0.05, 0) is 73.2 Å². The van der Waals surface area contributed by atoms with Crippen LogP contribution in [0.1, 0.15) is 36.8 Å². The molecule has 0 saturated carbocycles. The predicted molar refractivity (Wildman–Crippen MR) is 201 cm³/mol. The van der Waals surface area contributed by atoms with Crippen molar-refractivity contribution in [3.63, 3.8) is 0 Å². The number of hydrogen-bond acceptors (Lipinski definition) is 7. The minimum atomic E-state index is -4.25. The Hall–Kier alpha value is -4.63. The normalized spacial score (nSPS) is 18.0. The fraction of sp³-hybridized carbons (Fsp3) is 0.378. The number of urea groups is 1. The number of rotatable bonds is 5. The molecule has 0 radical (unpaired) electrons. The van der Waals surface area contributed by atoms with Gasteiger partial charge < -0.3 is 26.2 Å². The number of alkyl halides is 6. The monoisotopic (exact) mass is 794 g/mol. The Labute approximate surface area is 318 Å². The third kappa shape index (κ3) is 9.91. The molecule has 2 aromatic heterocycles. The number of aryl methyl sites for hydroxylation is 2. The van der Waals surface area contributed by atoms with Gasteiger partial charge in [-0.2, -0.15) is 26.3 Å². The molecule has 2 amide bonds. The molecule has 0 spiro atoms. The van der Waals surface area contributed by atoms with Gasteiger partial charge in [-0.15, -0.1) is 0 Å². The summed E-state index contributed by atoms with van der Waals surface area (Å²) in [6.07, 6.45) is -8.37. The molecule has 288 valence electrons. The maximum Gasteiger partial charge on any atom is 0.389 e. The summed E-state index contributed by atoms with van der Waals surface area (Å²) in [6.45, 7) is 3.75. The summed E-state index contributed by atoms with van der Waals surface area (Å²) in [7, 11) is 0. The van der Waals surface area contributed by atoms with E-state index < -0.39 is 31.2 Å². The second-order valence-corrected chi connectivity index (χ2v) is 14.1. The van der Waals surface area contributed by atoms with E-state index in [1.165, 1.54) is 12.1 Å². The lowest BCUT2D eigenvalue weighted by atomic mass is 10.1. The third-order valence-corrected chi connectivity index (χ3v) is 9.94. The number of pyridine rings is 2. The summed E-state index contributed by atoms with van der Waals surface area (Å²) in [6, 6.07) is 20.7. The zero-order chi connectivity index (χ0) is 38.6. The molecule has 9 nitrogen and oxygen atoms in total. The number of carbonyl (C=O) groups is 1. The number of benzene rings is 2. The molecule has 4 bridgehead atoms. The molecule has 4 aliphatic heterocycles. The molecule has 54 heavy (non-hydrogen) atoms. The van der Waals surface area contributed by atoms with Crippen molar-refractivity contribution in [2.75, 3.05) is 57.2 Å². The highest BCUT2D eigenvalue weighted by molar-refractivity contribution is 6.30. The summed E-state index contributed by atoms with van der Waals surface area (Å²) in [5.41, 5.74) is 9.30. The van der Waals surface area contributed by atoms with Crippen molar-refractivity contribution in [2.45, 2.75) is 63.0 Å². The number of fused-ring (bicyclic) bond motifs is 8. The van der Waals surface area contributed by atoms with E-state index >= 15 is 0 Å². The minimum absolute atomic E-state index is 0.0455. The van der Waals surface area contributed by atoms with Crippen molar-refractivity contribution >= 4 is 63.6 Å². The predicted octanol–water partition coefficient (Wildman–Crippen LogP) is 9.36. The van der Waals surface area contributed by atoms with Gasteiger partial charge in [-0.3, -0.25) is 4.90 Å². The van der Waals surface area contributed by atoms with E-state index in [1.54, 1.807) is 59.5 Å². The molecule has 2 fully saturated rings. The van der Waals surface area contributed by atoms with Crippen LogP contribution in [0.3, 0.4) is 0 Å². The molecule has 4 aromatic rings. The lowest BCUT2D eigenvalue weighted by Crippen LogP contribution is -2.48. The molecule has 8 rings (SSSR count). The number of nitrogens with zero attached hydrogens (tertiary/aromatic N) is 5. The lowest BCUT2D eigenvalue weighted by molar-refractivity contribution is -0.134. The first-order valence-electron chi connectivity index (χ1n) is 17.4. The van der Waals surface area contributed by atoms with Gasteiger partial charge in [0, 0.05) is 56.4 Å². The highest BCUT2D eigenvalue weighted by atomic mass is 35.5. The zero-order valence-electron chi connectivity index (χ0n) is 28.9. The van der Waals surface area contributed by atoms with Gasteiger partial charge in [0.05, 0.1) is 17.4 Å². The third-order valence-electron chi connectivity index (χ3n) is 9.52. The maximum absolute atomic E-state index is 13.1. The van der Waals surface area contributed by atoms with Crippen LogP contribution in [0.15, 0.2) is 72.8 Å². The number of hydrogen-bond donors (Lipinski definition) is 3. The van der Waals surface area contributed by atoms with Crippen LogP contribution in [0, 0.1) is 0 Å². The Bertz CT molecular complexity index is 1950. The fourth-order valence-electron chi connectivity index (χ4n) is 6.88. The van der Waals surface area contributed by atoms with Crippen molar-refractivity contribution < 1.29 is 31.1 Å². The number of nitrogen functional groups attached to an aromatic ring is 1. The molecule has 0 unspecified atom stereocenters. The molecule has 4 N–H and O–H groups in total. The number of anilines is 6. The molecular weight excluding hydrogens is 757 g/mol. The van der Waals surface area contributed by atoms with E-state index in [9.17, 15) is 31.1 Å². The Morgan fingerprint density at radius 1 is 0.778 bits per heavy atom. The number of para-hydroxylation sites is 2. The molecule has 6 heterocycles. The van der Waals surface area contributed by atoms with Crippen molar-refractivity contribution in [2.24, 2.45) is 0 Å². The van der Waals surface area contributed by atoms with Gasteiger partial charge in [-0.1, -0.05) is 59.6 Å². The second-order valence-electron chi connectivity index (χ2n) is 13.3. The number of nitrogens with two attached hydrogens (primary N) is 1. The first-order chi connectivity index (χ1) is 25.6. The summed E-state index contributed by atoms with van der Waals surface area (Å²) in [5, 5.41) is 7.02. The van der Waals surface area contributed by atoms with E-state index in [0.717, 1.165) is 37.6 Å². The number of nitrogens with one attached hydrogen (secondary N) is 2. The fourth-order valence-corrected chi connectivity index (χ4v) is 7.17. The molecule has 17 heteroatoms. The lowest BCUT2D eigenvalue weighted by Gasteiger charge is -2.35.